The van der Waals surface area contributed by atoms with E-state index in [0.29, 0.717) is 0 Å². The zero-order valence-corrected chi connectivity index (χ0v) is 22.1. The van der Waals surface area contributed by atoms with Crippen LogP contribution in [0.3, 0.4) is 0 Å². The second kappa shape index (κ2) is 10.3. The van der Waals surface area contributed by atoms with E-state index in [4.69, 9.17) is 13.1 Å². The Morgan fingerprint density at radius 2 is 1.37 bits per heavy atom. The lowest BCUT2D eigenvalue weighted by molar-refractivity contribution is 0.0178. The number of rotatable bonds is 7. The van der Waals surface area contributed by atoms with Gasteiger partial charge in [0.25, 0.3) is 20.2 Å². The molecule has 1 aliphatic rings. The van der Waals surface area contributed by atoms with Crippen molar-refractivity contribution in [1.29, 1.82) is 0 Å². The fourth-order valence-electron chi connectivity index (χ4n) is 3.53. The highest BCUT2D eigenvalue weighted by atomic mass is 32.2. The molecule has 1 saturated heterocycles. The van der Waals surface area contributed by atoms with Gasteiger partial charge in [0.05, 0.1) is 35.1 Å². The summed E-state index contributed by atoms with van der Waals surface area (Å²) >= 11 is 0. The summed E-state index contributed by atoms with van der Waals surface area (Å²) in [6, 6.07) is 11.6. The van der Waals surface area contributed by atoms with E-state index in [-0.39, 0.29) is 29.4 Å². The predicted molar refractivity (Wildman–Crippen MR) is 129 cm³/mol. The third-order valence-electron chi connectivity index (χ3n) is 5.30. The molecule has 2 atom stereocenters. The molecule has 11 heteroatoms. The third-order valence-corrected chi connectivity index (χ3v) is 7.97. The molecule has 2 aromatic carbocycles. The molecule has 0 N–H and O–H groups in total. The maximum atomic E-state index is 12.8. The number of hydrogen-bond donors (Lipinski definition) is 0. The van der Waals surface area contributed by atoms with Gasteiger partial charge in [-0.15, -0.1) is 0 Å². The van der Waals surface area contributed by atoms with Crippen molar-refractivity contribution >= 4 is 26.3 Å². The first-order chi connectivity index (χ1) is 16.2. The number of benzene rings is 2. The average molecular weight is 526 g/mol. The van der Waals surface area contributed by atoms with Gasteiger partial charge in [0.1, 0.15) is 5.60 Å². The van der Waals surface area contributed by atoms with Gasteiger partial charge < -0.3 is 9.64 Å². The lowest BCUT2D eigenvalue weighted by atomic mass is 10.2. The van der Waals surface area contributed by atoms with Crippen LogP contribution in [0, 0.1) is 13.8 Å². The number of ether oxygens (including phenoxy) is 1. The number of amides is 1. The molecule has 192 valence electrons. The van der Waals surface area contributed by atoms with Crippen LogP contribution in [0.1, 0.15) is 38.3 Å². The number of aryl methyl sites for hydroxylation is 2. The van der Waals surface area contributed by atoms with Crippen LogP contribution < -0.4 is 0 Å². The molecule has 9 nitrogen and oxygen atoms in total. The maximum absolute atomic E-state index is 12.8. The summed E-state index contributed by atoms with van der Waals surface area (Å²) in [5.74, 6) is 0. The van der Waals surface area contributed by atoms with Crippen LogP contribution in [0.5, 0.6) is 0 Å². The number of carbonyl (C=O) groups is 1. The SMILES string of the molecule is Cc1ccc(S(=O)(=O)OC[C@@H]2C[C@@H](OS(=O)(=O)c3ccc(C)cc3)CN2C(=O)OC(C)(C)C)cc1. The normalized spacial score (nSPS) is 19.1. The van der Waals surface area contributed by atoms with Crippen LogP contribution >= 0.6 is 0 Å². The summed E-state index contributed by atoms with van der Waals surface area (Å²) in [5, 5.41) is 0. The average Bonchev–Trinajstić information content (AvgIpc) is 3.14. The zero-order chi connectivity index (χ0) is 26.0. The van der Waals surface area contributed by atoms with Gasteiger partial charge in [-0.25, -0.2) is 4.79 Å². The molecule has 2 aromatic rings. The van der Waals surface area contributed by atoms with Crippen molar-refractivity contribution in [2.45, 2.75) is 68.6 Å². The predicted octanol–water partition coefficient (Wildman–Crippen LogP) is 3.79. The first-order valence-corrected chi connectivity index (χ1v) is 13.9. The van der Waals surface area contributed by atoms with Gasteiger partial charge in [-0.3, -0.25) is 8.37 Å². The van der Waals surface area contributed by atoms with Crippen LogP contribution in [-0.4, -0.2) is 58.7 Å². The molecule has 1 aliphatic heterocycles. The quantitative estimate of drug-likeness (QED) is 0.501. The zero-order valence-electron chi connectivity index (χ0n) is 20.4. The van der Waals surface area contributed by atoms with Gasteiger partial charge in [0, 0.05) is 0 Å². The standard InChI is InChI=1S/C24H31NO8S2/c1-17-6-10-21(11-7-17)34(27,28)31-16-19-14-20(15-25(19)23(26)32-24(3,4)5)33-35(29,30)22-12-8-18(2)9-13-22/h6-13,19-20H,14-16H2,1-5H3/t19-,20+/m0/s1. The van der Waals surface area contributed by atoms with E-state index in [1.165, 1.54) is 29.2 Å². The van der Waals surface area contributed by atoms with Crippen molar-refractivity contribution in [3.8, 4) is 0 Å². The summed E-state index contributed by atoms with van der Waals surface area (Å²) in [4.78, 5) is 14.1. The minimum atomic E-state index is -4.10. The Bertz CT molecular complexity index is 1250. The van der Waals surface area contributed by atoms with E-state index >= 15 is 0 Å². The van der Waals surface area contributed by atoms with E-state index in [9.17, 15) is 21.6 Å². The number of likely N-dealkylation sites (tertiary alicyclic amines) is 1. The van der Waals surface area contributed by atoms with Crippen molar-refractivity contribution in [2.75, 3.05) is 13.2 Å². The second-order valence-corrected chi connectivity index (χ2v) is 12.7. The van der Waals surface area contributed by atoms with Crippen molar-refractivity contribution in [1.82, 2.24) is 4.90 Å². The molecule has 3 rings (SSSR count). The summed E-state index contributed by atoms with van der Waals surface area (Å²) in [6.07, 6.45) is -1.56. The van der Waals surface area contributed by atoms with Crippen molar-refractivity contribution in [3.63, 3.8) is 0 Å². The van der Waals surface area contributed by atoms with Crippen LogP contribution in [-0.2, 0) is 33.3 Å². The van der Waals surface area contributed by atoms with E-state index in [1.54, 1.807) is 45.0 Å². The molecule has 0 saturated carbocycles. The van der Waals surface area contributed by atoms with Crippen LogP contribution in [0.2, 0.25) is 0 Å². The van der Waals surface area contributed by atoms with Crippen LogP contribution in [0.25, 0.3) is 0 Å². The Labute approximate surface area is 207 Å². The Kier molecular flexibility index (Phi) is 7.95. The Morgan fingerprint density at radius 1 is 0.886 bits per heavy atom. The topological polar surface area (TPSA) is 116 Å². The molecule has 0 aromatic heterocycles. The van der Waals surface area contributed by atoms with Crippen molar-refractivity contribution < 1.29 is 34.7 Å². The Hall–Kier alpha value is -2.47. The molecule has 1 amide bonds. The molecule has 0 aliphatic carbocycles. The number of hydrogen-bond acceptors (Lipinski definition) is 8. The van der Waals surface area contributed by atoms with Gasteiger partial charge in [0.2, 0.25) is 0 Å². The van der Waals surface area contributed by atoms with Gasteiger partial charge in [-0.2, -0.15) is 16.8 Å². The molecule has 0 spiro atoms. The maximum Gasteiger partial charge on any atom is 0.410 e. The molecule has 1 heterocycles. The first-order valence-electron chi connectivity index (χ1n) is 11.1. The summed E-state index contributed by atoms with van der Waals surface area (Å²) in [6.45, 7) is 8.29. The van der Waals surface area contributed by atoms with Crippen molar-refractivity contribution in [3.05, 3.63) is 59.7 Å². The lowest BCUT2D eigenvalue weighted by Crippen LogP contribution is -2.42. The highest BCUT2D eigenvalue weighted by Crippen LogP contribution is 2.27. The summed E-state index contributed by atoms with van der Waals surface area (Å²) in [7, 11) is -8.18. The third kappa shape index (κ3) is 7.26. The highest BCUT2D eigenvalue weighted by Gasteiger charge is 2.41. The fourth-order valence-corrected chi connectivity index (χ4v) is 5.55. The van der Waals surface area contributed by atoms with Gasteiger partial charge in [0.15, 0.2) is 0 Å². The van der Waals surface area contributed by atoms with Gasteiger partial charge >= 0.3 is 6.09 Å². The number of carbonyl (C=O) groups excluding carboxylic acids is 1. The minimum Gasteiger partial charge on any atom is -0.444 e. The molecule has 0 unspecified atom stereocenters. The molecular formula is C24H31NO8S2. The Balaban J connectivity index is 1.77. The van der Waals surface area contributed by atoms with E-state index < -0.39 is 44.1 Å². The largest absolute Gasteiger partial charge is 0.444 e. The van der Waals surface area contributed by atoms with Crippen LogP contribution in [0.15, 0.2) is 58.3 Å². The van der Waals surface area contributed by atoms with E-state index in [0.717, 1.165) is 11.1 Å². The van der Waals surface area contributed by atoms with E-state index in [1.807, 2.05) is 13.8 Å². The summed E-state index contributed by atoms with van der Waals surface area (Å²) in [5.41, 5.74) is 0.988. The lowest BCUT2D eigenvalue weighted by Gasteiger charge is -2.28. The van der Waals surface area contributed by atoms with Crippen LogP contribution in [0.4, 0.5) is 4.79 Å². The smallest absolute Gasteiger partial charge is 0.410 e. The monoisotopic (exact) mass is 525 g/mol. The van der Waals surface area contributed by atoms with Crippen molar-refractivity contribution in [2.24, 2.45) is 0 Å². The molecule has 0 radical (unpaired) electrons. The highest BCUT2D eigenvalue weighted by molar-refractivity contribution is 7.87. The van der Waals surface area contributed by atoms with Gasteiger partial charge in [-0.05, 0) is 65.3 Å². The Morgan fingerprint density at radius 3 is 1.86 bits per heavy atom. The molecule has 0 bridgehead atoms. The molecule has 1 fully saturated rings. The van der Waals surface area contributed by atoms with Gasteiger partial charge in [-0.1, -0.05) is 35.4 Å². The summed E-state index contributed by atoms with van der Waals surface area (Å²) < 4.78 is 66.9. The first kappa shape index (κ1) is 27.1. The molecular weight excluding hydrogens is 494 g/mol. The molecule has 35 heavy (non-hydrogen) atoms. The van der Waals surface area contributed by atoms with E-state index in [2.05, 4.69) is 0 Å². The number of nitrogens with zero attached hydrogens (tertiary/aromatic N) is 1. The second-order valence-electron chi connectivity index (χ2n) is 9.56. The fraction of sp³-hybridized carbons (Fsp3) is 0.458. The minimum absolute atomic E-state index is 0.00596.